The van der Waals surface area contributed by atoms with Crippen molar-refractivity contribution in [3.05, 3.63) is 29.8 Å². The first-order chi connectivity index (χ1) is 6.77. The largest absolute Gasteiger partial charge is 0.509 e. The third-order valence-electron chi connectivity index (χ3n) is 2.29. The minimum atomic E-state index is -4.95. The summed E-state index contributed by atoms with van der Waals surface area (Å²) in [6, 6.07) is 6.79. The highest BCUT2D eigenvalue weighted by molar-refractivity contribution is 6.73. The molecule has 0 aliphatic rings. The van der Waals surface area contributed by atoms with Gasteiger partial charge in [0, 0.05) is 0 Å². The molecule has 0 aromatic heterocycles. The topological polar surface area (TPSA) is 23.8 Å². The maximum absolute atomic E-state index is 12.3. The Labute approximate surface area is 86.6 Å². The lowest BCUT2D eigenvalue weighted by Gasteiger charge is -2.19. The van der Waals surface area contributed by atoms with Crippen LogP contribution in [0.15, 0.2) is 24.3 Å². The van der Waals surface area contributed by atoms with Crippen LogP contribution in [0, 0.1) is 11.3 Å². The normalized spacial score (nSPS) is 12.3. The lowest BCUT2D eigenvalue weighted by molar-refractivity contribution is 0.501. The minimum absolute atomic E-state index is 0.591. The number of halogens is 3. The monoisotopic (exact) mass is 212 g/mol. The number of nitrogens with zero attached hydrogens (tertiary/aromatic N) is 1. The molecule has 5 heteroatoms. The van der Waals surface area contributed by atoms with Crippen molar-refractivity contribution >= 4 is 12.4 Å². The molecule has 80 valence electrons. The molecule has 15 heavy (non-hydrogen) atoms. The molecule has 1 rings (SSSR count). The fraction of sp³-hybridized carbons (Fsp3) is 0.300. The molecule has 0 heterocycles. The van der Waals surface area contributed by atoms with E-state index in [-0.39, 0.29) is 0 Å². The molecular formula is C10H10BF3N-. The second-order valence-electron chi connectivity index (χ2n) is 3.93. The van der Waals surface area contributed by atoms with E-state index in [1.54, 1.807) is 13.8 Å². The summed E-state index contributed by atoms with van der Waals surface area (Å²) in [5.41, 5.74) is -0.793. The quantitative estimate of drug-likeness (QED) is 0.691. The van der Waals surface area contributed by atoms with Gasteiger partial charge < -0.3 is 12.9 Å². The first kappa shape index (κ1) is 11.6. The maximum atomic E-state index is 12.3. The van der Waals surface area contributed by atoms with Gasteiger partial charge in [0.25, 0.3) is 0 Å². The van der Waals surface area contributed by atoms with Gasteiger partial charge in [-0.1, -0.05) is 24.3 Å². The number of hydrogen-bond donors (Lipinski definition) is 0. The van der Waals surface area contributed by atoms with E-state index in [0.29, 0.717) is 5.56 Å². The molecule has 0 amide bonds. The number of hydrogen-bond acceptors (Lipinski definition) is 1. The van der Waals surface area contributed by atoms with Crippen molar-refractivity contribution in [2.24, 2.45) is 0 Å². The second-order valence-corrected chi connectivity index (χ2v) is 3.93. The van der Waals surface area contributed by atoms with Gasteiger partial charge in [-0.3, -0.25) is 0 Å². The Morgan fingerprint density at radius 3 is 1.93 bits per heavy atom. The van der Waals surface area contributed by atoms with Crippen LogP contribution in [0.4, 0.5) is 12.9 Å². The van der Waals surface area contributed by atoms with E-state index in [9.17, 15) is 12.9 Å². The summed E-state index contributed by atoms with van der Waals surface area (Å²) in [4.78, 5) is 0. The fourth-order valence-corrected chi connectivity index (χ4v) is 1.18. The van der Waals surface area contributed by atoms with Crippen molar-refractivity contribution in [1.82, 2.24) is 0 Å². The Morgan fingerprint density at radius 1 is 1.13 bits per heavy atom. The Bertz CT molecular complexity index is 387. The molecule has 0 saturated heterocycles. The minimum Gasteiger partial charge on any atom is -0.445 e. The van der Waals surface area contributed by atoms with E-state index in [1.807, 2.05) is 6.07 Å². The molecule has 1 aromatic rings. The zero-order chi connectivity index (χ0) is 11.7. The van der Waals surface area contributed by atoms with E-state index in [0.717, 1.165) is 12.1 Å². The van der Waals surface area contributed by atoms with E-state index in [2.05, 4.69) is 0 Å². The van der Waals surface area contributed by atoms with Crippen molar-refractivity contribution in [2.45, 2.75) is 19.3 Å². The van der Waals surface area contributed by atoms with Gasteiger partial charge in [-0.05, 0) is 19.4 Å². The Morgan fingerprint density at radius 2 is 1.60 bits per heavy atom. The van der Waals surface area contributed by atoms with Crippen LogP contribution in [0.3, 0.4) is 0 Å². The van der Waals surface area contributed by atoms with Gasteiger partial charge in [-0.25, -0.2) is 0 Å². The van der Waals surface area contributed by atoms with Crippen LogP contribution in [-0.2, 0) is 5.41 Å². The van der Waals surface area contributed by atoms with Crippen molar-refractivity contribution in [1.29, 1.82) is 5.26 Å². The maximum Gasteiger partial charge on any atom is 0.509 e. The molecule has 0 N–H and O–H groups in total. The summed E-state index contributed by atoms with van der Waals surface area (Å²) >= 11 is 0. The lowest BCUT2D eigenvalue weighted by Crippen LogP contribution is -2.34. The third kappa shape index (κ3) is 2.53. The molecule has 0 atom stereocenters. The zero-order valence-electron chi connectivity index (χ0n) is 8.47. The summed E-state index contributed by atoms with van der Waals surface area (Å²) in [6.07, 6.45) is 0. The van der Waals surface area contributed by atoms with Crippen LogP contribution in [-0.4, -0.2) is 6.98 Å². The van der Waals surface area contributed by atoms with Crippen LogP contribution in [0.2, 0.25) is 0 Å². The third-order valence-corrected chi connectivity index (χ3v) is 2.29. The SMILES string of the molecule is CC(C)(C#N)c1ccc([B-](F)(F)F)cc1. The summed E-state index contributed by atoms with van der Waals surface area (Å²) in [7, 11) is 0. The van der Waals surface area contributed by atoms with Crippen molar-refractivity contribution in [3.8, 4) is 6.07 Å². The smallest absolute Gasteiger partial charge is 0.445 e. The average Bonchev–Trinajstić information content (AvgIpc) is 2.17. The summed E-state index contributed by atoms with van der Waals surface area (Å²) in [6.45, 7) is -1.61. The zero-order valence-corrected chi connectivity index (χ0v) is 8.47. The standard InChI is InChI=1S/C10H10BF3N/c1-10(2,7-15)8-3-5-9(6-4-8)11(12,13)14/h3-6H,1-2H3/q-1. The molecule has 1 nitrogen and oxygen atoms in total. The van der Waals surface area contributed by atoms with Gasteiger partial charge in [0.1, 0.15) is 0 Å². The molecule has 0 aliphatic carbocycles. The van der Waals surface area contributed by atoms with Gasteiger partial charge in [-0.2, -0.15) is 5.26 Å². The predicted molar refractivity (Wildman–Crippen MR) is 53.8 cm³/mol. The van der Waals surface area contributed by atoms with Crippen molar-refractivity contribution in [3.63, 3.8) is 0 Å². The molecule has 0 unspecified atom stereocenters. The van der Waals surface area contributed by atoms with Gasteiger partial charge in [0.05, 0.1) is 11.5 Å². The van der Waals surface area contributed by atoms with Gasteiger partial charge in [0.15, 0.2) is 0 Å². The van der Waals surface area contributed by atoms with Crippen molar-refractivity contribution in [2.75, 3.05) is 0 Å². The molecule has 0 radical (unpaired) electrons. The Kier molecular flexibility index (Phi) is 2.80. The van der Waals surface area contributed by atoms with Gasteiger partial charge >= 0.3 is 6.98 Å². The van der Waals surface area contributed by atoms with Gasteiger partial charge in [0.2, 0.25) is 0 Å². The van der Waals surface area contributed by atoms with E-state index >= 15 is 0 Å². The van der Waals surface area contributed by atoms with E-state index in [1.165, 1.54) is 12.1 Å². The molecule has 0 saturated carbocycles. The first-order valence-corrected chi connectivity index (χ1v) is 4.49. The highest BCUT2D eigenvalue weighted by atomic mass is 19.4. The van der Waals surface area contributed by atoms with Crippen LogP contribution >= 0.6 is 0 Å². The molecule has 0 aliphatic heterocycles. The number of benzene rings is 1. The predicted octanol–water partition coefficient (Wildman–Crippen LogP) is 2.54. The van der Waals surface area contributed by atoms with Crippen LogP contribution < -0.4 is 5.46 Å². The summed E-state index contributed by atoms with van der Waals surface area (Å²) in [5.74, 6) is 0. The summed E-state index contributed by atoms with van der Waals surface area (Å²) < 4.78 is 36.9. The molecule has 1 aromatic carbocycles. The van der Waals surface area contributed by atoms with Crippen molar-refractivity contribution < 1.29 is 12.9 Å². The van der Waals surface area contributed by atoms with Crippen LogP contribution in [0.25, 0.3) is 0 Å². The average molecular weight is 212 g/mol. The molecule has 0 spiro atoms. The molecular weight excluding hydrogens is 202 g/mol. The number of nitriles is 1. The highest BCUT2D eigenvalue weighted by Gasteiger charge is 2.26. The fourth-order valence-electron chi connectivity index (χ4n) is 1.18. The summed E-state index contributed by atoms with van der Waals surface area (Å²) in [5, 5.41) is 8.81. The highest BCUT2D eigenvalue weighted by Crippen LogP contribution is 2.21. The molecule has 0 fully saturated rings. The van der Waals surface area contributed by atoms with E-state index in [4.69, 9.17) is 5.26 Å². The lowest BCUT2D eigenvalue weighted by atomic mass is 9.77. The van der Waals surface area contributed by atoms with Gasteiger partial charge in [-0.15, -0.1) is 5.46 Å². The van der Waals surface area contributed by atoms with Crippen LogP contribution in [0.5, 0.6) is 0 Å². The Hall–Kier alpha value is -1.44. The Balaban J connectivity index is 3.08. The second kappa shape index (κ2) is 3.61. The van der Waals surface area contributed by atoms with Crippen LogP contribution in [0.1, 0.15) is 19.4 Å². The number of rotatable bonds is 2. The molecule has 0 bridgehead atoms. The van der Waals surface area contributed by atoms with E-state index < -0.39 is 17.9 Å². The first-order valence-electron chi connectivity index (χ1n) is 4.49.